The third-order valence-corrected chi connectivity index (χ3v) is 5.15. The first kappa shape index (κ1) is 18.6. The number of fused-ring (bicyclic) bond motifs is 2. The van der Waals surface area contributed by atoms with Gasteiger partial charge in [0.25, 0.3) is 0 Å². The smallest absolute Gasteiger partial charge is 0.339 e. The van der Waals surface area contributed by atoms with Gasteiger partial charge in [0.1, 0.15) is 0 Å². The molecule has 0 spiro atoms. The molecule has 4 atom stereocenters. The molecule has 0 saturated heterocycles. The van der Waals surface area contributed by atoms with Gasteiger partial charge < -0.3 is 19.9 Å². The monoisotopic (exact) mass is 373 g/mol. The van der Waals surface area contributed by atoms with Gasteiger partial charge in [-0.15, -0.1) is 0 Å². The van der Waals surface area contributed by atoms with E-state index in [-0.39, 0.29) is 28.7 Å². The summed E-state index contributed by atoms with van der Waals surface area (Å²) in [6, 6.07) is 4.05. The van der Waals surface area contributed by atoms with Gasteiger partial charge in [0, 0.05) is 0 Å². The van der Waals surface area contributed by atoms with Crippen molar-refractivity contribution in [2.24, 2.45) is 23.7 Å². The summed E-state index contributed by atoms with van der Waals surface area (Å²) in [6.45, 7) is 0. The van der Waals surface area contributed by atoms with Crippen LogP contribution in [0.25, 0.3) is 0 Å². The number of carboxylic acid groups (broad SMARTS) is 1. The maximum absolute atomic E-state index is 12.9. The molecule has 27 heavy (non-hydrogen) atoms. The average Bonchev–Trinajstić information content (AvgIpc) is 3.28. The number of carboxylic acids is 1. The number of esters is 2. The number of rotatable bonds is 5. The number of methoxy groups -OCH3 is 2. The lowest BCUT2D eigenvalue weighted by atomic mass is 9.82. The van der Waals surface area contributed by atoms with E-state index in [4.69, 9.17) is 4.74 Å². The van der Waals surface area contributed by atoms with Crippen molar-refractivity contribution in [2.45, 2.75) is 6.42 Å². The van der Waals surface area contributed by atoms with Crippen molar-refractivity contribution in [2.75, 3.05) is 19.5 Å². The largest absolute Gasteiger partial charge is 0.481 e. The van der Waals surface area contributed by atoms with Gasteiger partial charge in [-0.3, -0.25) is 9.59 Å². The minimum absolute atomic E-state index is 0.0593. The van der Waals surface area contributed by atoms with Gasteiger partial charge in [-0.1, -0.05) is 12.2 Å². The minimum Gasteiger partial charge on any atom is -0.481 e. The Morgan fingerprint density at radius 2 is 1.63 bits per heavy atom. The molecule has 1 fully saturated rings. The zero-order valence-electron chi connectivity index (χ0n) is 14.8. The first-order valence-corrected chi connectivity index (χ1v) is 8.40. The summed E-state index contributed by atoms with van der Waals surface area (Å²) in [4.78, 5) is 48.2. The first-order chi connectivity index (χ1) is 12.9. The summed E-state index contributed by atoms with van der Waals surface area (Å²) in [6.07, 6.45) is 4.31. The summed E-state index contributed by atoms with van der Waals surface area (Å²) in [5.41, 5.74) is 0.276. The second-order valence-corrected chi connectivity index (χ2v) is 6.57. The molecule has 1 aromatic rings. The third-order valence-electron chi connectivity index (χ3n) is 5.15. The van der Waals surface area contributed by atoms with E-state index in [1.807, 2.05) is 12.2 Å². The highest BCUT2D eigenvalue weighted by molar-refractivity contribution is 6.04. The predicted octanol–water partition coefficient (Wildman–Crippen LogP) is 1.72. The van der Waals surface area contributed by atoms with Gasteiger partial charge in [-0.25, -0.2) is 9.59 Å². The molecule has 0 aliphatic heterocycles. The second kappa shape index (κ2) is 7.22. The van der Waals surface area contributed by atoms with Crippen LogP contribution in [0.2, 0.25) is 0 Å². The molecule has 2 N–H and O–H groups in total. The third kappa shape index (κ3) is 3.30. The number of ether oxygens (including phenoxy) is 2. The van der Waals surface area contributed by atoms with Crippen LogP contribution in [0.15, 0.2) is 30.4 Å². The van der Waals surface area contributed by atoms with Gasteiger partial charge in [-0.05, 0) is 36.5 Å². The maximum atomic E-state index is 12.9. The Morgan fingerprint density at radius 1 is 1.00 bits per heavy atom. The summed E-state index contributed by atoms with van der Waals surface area (Å²) < 4.78 is 9.36. The Labute approximate surface area is 155 Å². The maximum Gasteiger partial charge on any atom is 0.339 e. The van der Waals surface area contributed by atoms with E-state index >= 15 is 0 Å². The Morgan fingerprint density at radius 3 is 2.22 bits per heavy atom. The number of benzene rings is 1. The van der Waals surface area contributed by atoms with Gasteiger partial charge in [-0.2, -0.15) is 0 Å². The fourth-order valence-electron chi connectivity index (χ4n) is 3.91. The van der Waals surface area contributed by atoms with Crippen molar-refractivity contribution in [1.82, 2.24) is 0 Å². The Balaban J connectivity index is 1.92. The normalized spacial score (nSPS) is 25.1. The van der Waals surface area contributed by atoms with E-state index in [1.54, 1.807) is 0 Å². The lowest BCUT2D eigenvalue weighted by Crippen LogP contribution is -2.36. The highest BCUT2D eigenvalue weighted by Gasteiger charge is 2.51. The Hall–Kier alpha value is -3.16. The van der Waals surface area contributed by atoms with E-state index in [9.17, 15) is 24.3 Å². The van der Waals surface area contributed by atoms with Crippen LogP contribution in [0.3, 0.4) is 0 Å². The SMILES string of the molecule is COC(=O)c1ccc(C(=O)OC)c(NC(=O)[C@H]2[C@@H](C(=O)O)[C@H]3C=C[C@H]2C3)c1. The molecule has 142 valence electrons. The molecular formula is C19H19NO7. The summed E-state index contributed by atoms with van der Waals surface area (Å²) in [7, 11) is 2.41. The molecule has 0 aromatic heterocycles. The van der Waals surface area contributed by atoms with E-state index < -0.39 is 35.7 Å². The molecule has 1 amide bonds. The van der Waals surface area contributed by atoms with E-state index in [0.29, 0.717) is 6.42 Å². The predicted molar refractivity (Wildman–Crippen MR) is 93.1 cm³/mol. The van der Waals surface area contributed by atoms with Crippen LogP contribution in [0.4, 0.5) is 5.69 Å². The van der Waals surface area contributed by atoms with Crippen LogP contribution in [0, 0.1) is 23.7 Å². The fraction of sp³-hybridized carbons (Fsp3) is 0.368. The molecule has 8 heteroatoms. The summed E-state index contributed by atoms with van der Waals surface area (Å²) in [5, 5.41) is 12.1. The number of hydrogen-bond donors (Lipinski definition) is 2. The van der Waals surface area contributed by atoms with Crippen molar-refractivity contribution in [3.8, 4) is 0 Å². The minimum atomic E-state index is -1.02. The quantitative estimate of drug-likeness (QED) is 0.596. The number of aliphatic carboxylic acids is 1. The molecule has 0 radical (unpaired) electrons. The topological polar surface area (TPSA) is 119 Å². The zero-order chi connectivity index (χ0) is 19.7. The van der Waals surface area contributed by atoms with E-state index in [2.05, 4.69) is 10.1 Å². The molecule has 1 saturated carbocycles. The number of carbonyl (C=O) groups is 4. The molecular weight excluding hydrogens is 354 g/mol. The Kier molecular flexibility index (Phi) is 4.98. The lowest BCUT2D eigenvalue weighted by Gasteiger charge is -2.24. The van der Waals surface area contributed by atoms with Gasteiger partial charge >= 0.3 is 17.9 Å². The fourth-order valence-corrected chi connectivity index (χ4v) is 3.91. The van der Waals surface area contributed by atoms with Crippen LogP contribution in [-0.4, -0.2) is 43.1 Å². The number of carbonyl (C=O) groups excluding carboxylic acids is 3. The molecule has 8 nitrogen and oxygen atoms in total. The number of amides is 1. The van der Waals surface area contributed by atoms with Crippen LogP contribution in [-0.2, 0) is 19.1 Å². The number of nitrogens with one attached hydrogen (secondary N) is 1. The summed E-state index contributed by atoms with van der Waals surface area (Å²) >= 11 is 0. The van der Waals surface area contributed by atoms with E-state index in [0.717, 1.165) is 0 Å². The molecule has 2 aliphatic rings. The van der Waals surface area contributed by atoms with Crippen LogP contribution in [0.1, 0.15) is 27.1 Å². The van der Waals surface area contributed by atoms with Crippen molar-refractivity contribution < 1.29 is 33.8 Å². The average molecular weight is 373 g/mol. The van der Waals surface area contributed by atoms with E-state index in [1.165, 1.54) is 32.4 Å². The van der Waals surface area contributed by atoms with Crippen LogP contribution >= 0.6 is 0 Å². The lowest BCUT2D eigenvalue weighted by molar-refractivity contribution is -0.146. The molecule has 2 bridgehead atoms. The van der Waals surface area contributed by atoms with Crippen molar-refractivity contribution in [3.05, 3.63) is 41.5 Å². The van der Waals surface area contributed by atoms with Gasteiger partial charge in [0.15, 0.2) is 0 Å². The highest BCUT2D eigenvalue weighted by atomic mass is 16.5. The summed E-state index contributed by atoms with van der Waals surface area (Å²) in [5.74, 6) is -4.76. The highest BCUT2D eigenvalue weighted by Crippen LogP contribution is 2.48. The van der Waals surface area contributed by atoms with Crippen molar-refractivity contribution in [3.63, 3.8) is 0 Å². The zero-order valence-corrected chi connectivity index (χ0v) is 14.8. The molecule has 0 unspecified atom stereocenters. The van der Waals surface area contributed by atoms with Crippen molar-refractivity contribution >= 4 is 29.5 Å². The second-order valence-electron chi connectivity index (χ2n) is 6.57. The number of allylic oxidation sites excluding steroid dienone is 2. The molecule has 2 aliphatic carbocycles. The van der Waals surface area contributed by atoms with Gasteiger partial charge in [0.2, 0.25) is 5.91 Å². The molecule has 1 aromatic carbocycles. The standard InChI is InChI=1S/C19H19NO7/c1-26-18(24)11-5-6-12(19(25)27-2)13(8-11)20-16(21)14-9-3-4-10(7-9)15(14)17(22)23/h3-6,8-10,14-15H,7H2,1-2H3,(H,20,21)(H,22,23)/t9-,10-,14+,15-/m0/s1. The van der Waals surface area contributed by atoms with Crippen LogP contribution < -0.4 is 5.32 Å². The molecule has 3 rings (SSSR count). The Bertz CT molecular complexity index is 844. The first-order valence-electron chi connectivity index (χ1n) is 8.40. The molecule has 0 heterocycles. The number of hydrogen-bond acceptors (Lipinski definition) is 6. The van der Waals surface area contributed by atoms with Crippen molar-refractivity contribution in [1.29, 1.82) is 0 Å². The van der Waals surface area contributed by atoms with Crippen LogP contribution in [0.5, 0.6) is 0 Å². The van der Waals surface area contributed by atoms with Gasteiger partial charge in [0.05, 0.1) is 42.9 Å². The number of anilines is 1.